The molecule has 0 amide bonds. The molecular formula is C12H20O4. The highest BCUT2D eigenvalue weighted by atomic mass is 16.6. The summed E-state index contributed by atoms with van der Waals surface area (Å²) in [5.41, 5.74) is 0. The number of carbonyl (C=O) groups excluding carboxylic acids is 1. The van der Waals surface area contributed by atoms with Crippen molar-refractivity contribution in [1.82, 2.24) is 0 Å². The molecule has 0 spiro atoms. The topological polar surface area (TPSA) is 66.8 Å². The van der Waals surface area contributed by atoms with Crippen molar-refractivity contribution in [3.05, 3.63) is 12.2 Å². The third kappa shape index (κ3) is 3.94. The second kappa shape index (κ2) is 6.66. The summed E-state index contributed by atoms with van der Waals surface area (Å²) in [6, 6.07) is 0. The zero-order valence-corrected chi connectivity index (χ0v) is 9.63. The monoisotopic (exact) mass is 228 g/mol. The fraction of sp³-hybridized carbons (Fsp3) is 0.750. The summed E-state index contributed by atoms with van der Waals surface area (Å²) in [7, 11) is 0. The Kier molecular flexibility index (Phi) is 5.49. The molecule has 1 rings (SSSR count). The van der Waals surface area contributed by atoms with Crippen LogP contribution in [0.2, 0.25) is 0 Å². The first-order chi connectivity index (χ1) is 7.65. The van der Waals surface area contributed by atoms with Gasteiger partial charge in [0, 0.05) is 6.42 Å². The standard InChI is InChI=1S/C12H20O4/c1-2-6-10-12(15)9(13)7-4-3-5-8-11(14)16-10/h4,7,9-10,12-13,15H,2-3,5-6,8H2,1H3/b7-4+/t9-,10-,12+/m0/s1. The molecule has 0 aliphatic carbocycles. The van der Waals surface area contributed by atoms with Crippen molar-refractivity contribution >= 4 is 5.97 Å². The number of aliphatic hydroxyl groups is 2. The molecule has 1 heterocycles. The number of hydrogen-bond donors (Lipinski definition) is 2. The van der Waals surface area contributed by atoms with E-state index in [-0.39, 0.29) is 5.97 Å². The summed E-state index contributed by atoms with van der Waals surface area (Å²) >= 11 is 0. The number of esters is 1. The molecule has 16 heavy (non-hydrogen) atoms. The second-order valence-electron chi connectivity index (χ2n) is 4.12. The SMILES string of the molecule is CCC[C@@H]1OC(=O)CCC/C=C/[C@H](O)[C@H]1O. The molecule has 1 aliphatic rings. The number of cyclic esters (lactones) is 1. The van der Waals surface area contributed by atoms with Crippen molar-refractivity contribution in [1.29, 1.82) is 0 Å². The molecule has 0 aromatic rings. The Morgan fingerprint density at radius 2 is 2.25 bits per heavy atom. The van der Waals surface area contributed by atoms with Gasteiger partial charge in [-0.05, 0) is 19.3 Å². The van der Waals surface area contributed by atoms with Gasteiger partial charge < -0.3 is 14.9 Å². The Morgan fingerprint density at radius 3 is 2.94 bits per heavy atom. The quantitative estimate of drug-likeness (QED) is 0.550. The molecule has 2 N–H and O–H groups in total. The minimum Gasteiger partial charge on any atom is -0.459 e. The predicted molar refractivity (Wildman–Crippen MR) is 59.8 cm³/mol. The van der Waals surface area contributed by atoms with Gasteiger partial charge in [0.1, 0.15) is 18.3 Å². The van der Waals surface area contributed by atoms with Crippen LogP contribution in [0.5, 0.6) is 0 Å². The summed E-state index contributed by atoms with van der Waals surface area (Å²) in [6.45, 7) is 1.95. The van der Waals surface area contributed by atoms with Gasteiger partial charge in [-0.3, -0.25) is 4.79 Å². The van der Waals surface area contributed by atoms with Gasteiger partial charge in [0.15, 0.2) is 0 Å². The van der Waals surface area contributed by atoms with Crippen LogP contribution in [0.3, 0.4) is 0 Å². The number of hydrogen-bond acceptors (Lipinski definition) is 4. The first-order valence-electron chi connectivity index (χ1n) is 5.87. The first kappa shape index (κ1) is 13.2. The molecule has 0 saturated heterocycles. The van der Waals surface area contributed by atoms with E-state index in [4.69, 9.17) is 4.74 Å². The van der Waals surface area contributed by atoms with Crippen molar-refractivity contribution in [2.24, 2.45) is 0 Å². The van der Waals surface area contributed by atoms with Crippen molar-refractivity contribution in [3.63, 3.8) is 0 Å². The fourth-order valence-electron chi connectivity index (χ4n) is 1.75. The van der Waals surface area contributed by atoms with Crippen LogP contribution in [0.4, 0.5) is 0 Å². The lowest BCUT2D eigenvalue weighted by Crippen LogP contribution is -2.39. The molecule has 0 aromatic heterocycles. The molecule has 0 aromatic carbocycles. The van der Waals surface area contributed by atoms with Gasteiger partial charge in [0.25, 0.3) is 0 Å². The third-order valence-electron chi connectivity index (χ3n) is 2.67. The van der Waals surface area contributed by atoms with Gasteiger partial charge in [-0.1, -0.05) is 25.5 Å². The van der Waals surface area contributed by atoms with E-state index in [9.17, 15) is 15.0 Å². The Morgan fingerprint density at radius 1 is 1.50 bits per heavy atom. The normalized spacial score (nSPS) is 34.2. The van der Waals surface area contributed by atoms with Gasteiger partial charge in [-0.25, -0.2) is 0 Å². The van der Waals surface area contributed by atoms with Crippen molar-refractivity contribution in [2.75, 3.05) is 0 Å². The highest BCUT2D eigenvalue weighted by Gasteiger charge is 2.27. The average Bonchev–Trinajstić information content (AvgIpc) is 2.26. The molecule has 0 saturated carbocycles. The van der Waals surface area contributed by atoms with Crippen LogP contribution < -0.4 is 0 Å². The Balaban J connectivity index is 2.72. The second-order valence-corrected chi connectivity index (χ2v) is 4.12. The molecule has 3 atom stereocenters. The highest BCUT2D eigenvalue weighted by Crippen LogP contribution is 2.15. The van der Waals surface area contributed by atoms with E-state index < -0.39 is 18.3 Å². The summed E-state index contributed by atoms with van der Waals surface area (Å²) in [5, 5.41) is 19.5. The lowest BCUT2D eigenvalue weighted by atomic mass is 10.0. The maximum absolute atomic E-state index is 11.4. The Bertz CT molecular complexity index is 249. The number of rotatable bonds is 2. The zero-order chi connectivity index (χ0) is 12.0. The zero-order valence-electron chi connectivity index (χ0n) is 9.63. The minimum absolute atomic E-state index is 0.292. The van der Waals surface area contributed by atoms with Crippen LogP contribution in [0, 0.1) is 0 Å². The van der Waals surface area contributed by atoms with Crippen molar-refractivity contribution < 1.29 is 19.7 Å². The number of ether oxygens (including phenoxy) is 1. The van der Waals surface area contributed by atoms with Crippen LogP contribution in [-0.4, -0.2) is 34.5 Å². The highest BCUT2D eigenvalue weighted by molar-refractivity contribution is 5.69. The molecular weight excluding hydrogens is 208 g/mol. The van der Waals surface area contributed by atoms with E-state index in [0.29, 0.717) is 12.8 Å². The first-order valence-corrected chi connectivity index (χ1v) is 5.87. The van der Waals surface area contributed by atoms with Crippen LogP contribution in [-0.2, 0) is 9.53 Å². The van der Waals surface area contributed by atoms with Crippen molar-refractivity contribution in [3.8, 4) is 0 Å². The maximum atomic E-state index is 11.4. The van der Waals surface area contributed by atoms with E-state index in [2.05, 4.69) is 0 Å². The fourth-order valence-corrected chi connectivity index (χ4v) is 1.75. The van der Waals surface area contributed by atoms with E-state index in [1.807, 2.05) is 6.92 Å². The largest absolute Gasteiger partial charge is 0.459 e. The van der Waals surface area contributed by atoms with Crippen LogP contribution in [0.1, 0.15) is 39.0 Å². The molecule has 1 aliphatic heterocycles. The van der Waals surface area contributed by atoms with Crippen LogP contribution in [0.25, 0.3) is 0 Å². The summed E-state index contributed by atoms with van der Waals surface area (Å²) in [5.74, 6) is -0.292. The average molecular weight is 228 g/mol. The predicted octanol–water partition coefficient (Wildman–Crippen LogP) is 1.16. The molecule has 4 heteroatoms. The van der Waals surface area contributed by atoms with Crippen LogP contribution >= 0.6 is 0 Å². The van der Waals surface area contributed by atoms with E-state index in [1.165, 1.54) is 0 Å². The summed E-state index contributed by atoms with van der Waals surface area (Å²) in [6.07, 6.45) is 3.96. The lowest BCUT2D eigenvalue weighted by Gasteiger charge is -2.25. The molecule has 0 radical (unpaired) electrons. The molecule has 92 valence electrons. The molecule has 0 fully saturated rings. The summed E-state index contributed by atoms with van der Waals surface area (Å²) in [4.78, 5) is 11.4. The van der Waals surface area contributed by atoms with Crippen molar-refractivity contribution in [2.45, 2.75) is 57.3 Å². The lowest BCUT2D eigenvalue weighted by molar-refractivity contribution is -0.159. The van der Waals surface area contributed by atoms with Gasteiger partial charge in [0.05, 0.1) is 0 Å². The van der Waals surface area contributed by atoms with Gasteiger partial charge >= 0.3 is 5.97 Å². The third-order valence-corrected chi connectivity index (χ3v) is 2.67. The van der Waals surface area contributed by atoms with Gasteiger partial charge in [0.2, 0.25) is 0 Å². The van der Waals surface area contributed by atoms with Gasteiger partial charge in [-0.15, -0.1) is 0 Å². The molecule has 0 unspecified atom stereocenters. The molecule has 0 bridgehead atoms. The molecule has 4 nitrogen and oxygen atoms in total. The minimum atomic E-state index is -1.03. The van der Waals surface area contributed by atoms with E-state index in [0.717, 1.165) is 19.3 Å². The number of carbonyl (C=O) groups is 1. The van der Waals surface area contributed by atoms with E-state index in [1.54, 1.807) is 12.2 Å². The Hall–Kier alpha value is -0.870. The number of aliphatic hydroxyl groups excluding tert-OH is 2. The van der Waals surface area contributed by atoms with E-state index >= 15 is 0 Å². The summed E-state index contributed by atoms with van der Waals surface area (Å²) < 4.78 is 5.17. The maximum Gasteiger partial charge on any atom is 0.306 e. The van der Waals surface area contributed by atoms with Gasteiger partial charge in [-0.2, -0.15) is 0 Å². The smallest absolute Gasteiger partial charge is 0.306 e. The van der Waals surface area contributed by atoms with Crippen LogP contribution in [0.15, 0.2) is 12.2 Å². The number of allylic oxidation sites excluding steroid dienone is 1. The Labute approximate surface area is 95.9 Å².